The van der Waals surface area contributed by atoms with E-state index in [4.69, 9.17) is 15.6 Å². The van der Waals surface area contributed by atoms with Gasteiger partial charge in [0.15, 0.2) is 5.69 Å². The Balaban J connectivity index is 2.30. The fourth-order valence-electron chi connectivity index (χ4n) is 1.96. The van der Waals surface area contributed by atoms with E-state index in [1.807, 2.05) is 18.2 Å². The summed E-state index contributed by atoms with van der Waals surface area (Å²) in [5.41, 5.74) is 6.87. The molecular formula is C11H9N3O3. The topological polar surface area (TPSA) is 90.4 Å². The van der Waals surface area contributed by atoms with Gasteiger partial charge in [0.05, 0.1) is 11.4 Å². The Kier molecular flexibility index (Phi) is 1.85. The highest BCUT2D eigenvalue weighted by Gasteiger charge is 2.26. The molecule has 0 spiro atoms. The minimum absolute atomic E-state index is 0.0583. The first-order chi connectivity index (χ1) is 8.18. The molecule has 1 aromatic carbocycles. The van der Waals surface area contributed by atoms with Gasteiger partial charge in [-0.3, -0.25) is 4.57 Å². The fraction of sp³-hybridized carbons (Fsp3) is 0.0909. The van der Waals surface area contributed by atoms with Gasteiger partial charge < -0.3 is 15.6 Å². The lowest BCUT2D eigenvalue weighted by Gasteiger charge is -2.20. The first-order valence-electron chi connectivity index (χ1n) is 5.01. The first kappa shape index (κ1) is 9.71. The van der Waals surface area contributed by atoms with E-state index in [0.717, 1.165) is 0 Å². The molecule has 0 saturated heterocycles. The number of benzene rings is 1. The second-order valence-corrected chi connectivity index (χ2v) is 3.66. The molecule has 0 bridgehead atoms. The molecule has 2 aromatic rings. The van der Waals surface area contributed by atoms with Crippen molar-refractivity contribution in [1.29, 1.82) is 0 Å². The van der Waals surface area contributed by atoms with Gasteiger partial charge in [0.1, 0.15) is 12.4 Å². The normalized spacial score (nSPS) is 12.5. The van der Waals surface area contributed by atoms with Crippen LogP contribution in [-0.4, -0.2) is 20.6 Å². The van der Waals surface area contributed by atoms with E-state index in [9.17, 15) is 4.79 Å². The predicted octanol–water partition coefficient (Wildman–Crippen LogP) is 1.05. The predicted molar refractivity (Wildman–Crippen MR) is 59.3 cm³/mol. The number of nitrogen functional groups attached to an aromatic ring is 1. The number of hydrogen-bond donors (Lipinski definition) is 2. The number of aromatic nitrogens is 2. The van der Waals surface area contributed by atoms with Crippen LogP contribution in [0.2, 0.25) is 0 Å². The third kappa shape index (κ3) is 1.27. The van der Waals surface area contributed by atoms with Crippen molar-refractivity contribution >= 4 is 11.9 Å². The minimum Gasteiger partial charge on any atom is -0.485 e. The molecule has 0 unspecified atom stereocenters. The van der Waals surface area contributed by atoms with Gasteiger partial charge in [0.2, 0.25) is 5.95 Å². The lowest BCUT2D eigenvalue weighted by Crippen LogP contribution is -2.16. The number of rotatable bonds is 1. The van der Waals surface area contributed by atoms with E-state index in [1.165, 1.54) is 0 Å². The molecule has 17 heavy (non-hydrogen) atoms. The van der Waals surface area contributed by atoms with Gasteiger partial charge in [0.25, 0.3) is 0 Å². The van der Waals surface area contributed by atoms with E-state index in [0.29, 0.717) is 17.1 Å². The van der Waals surface area contributed by atoms with Gasteiger partial charge in [-0.15, -0.1) is 0 Å². The molecule has 0 fully saturated rings. The summed E-state index contributed by atoms with van der Waals surface area (Å²) in [6.45, 7) is 0.156. The maximum Gasteiger partial charge on any atom is 0.356 e. The molecule has 2 heterocycles. The summed E-state index contributed by atoms with van der Waals surface area (Å²) < 4.78 is 7.09. The third-order valence-corrected chi connectivity index (χ3v) is 2.67. The van der Waals surface area contributed by atoms with Gasteiger partial charge in [0, 0.05) is 0 Å². The van der Waals surface area contributed by atoms with Gasteiger partial charge in [-0.25, -0.2) is 9.78 Å². The second kappa shape index (κ2) is 3.24. The smallest absolute Gasteiger partial charge is 0.356 e. The third-order valence-electron chi connectivity index (χ3n) is 2.67. The number of fused-ring (bicyclic) bond motifs is 3. The molecule has 6 heteroatoms. The lowest BCUT2D eigenvalue weighted by molar-refractivity contribution is 0.0687. The number of nitrogens with two attached hydrogens (primary N) is 1. The molecule has 86 valence electrons. The number of carboxylic acid groups (broad SMARTS) is 1. The molecule has 3 N–H and O–H groups in total. The zero-order valence-electron chi connectivity index (χ0n) is 8.75. The van der Waals surface area contributed by atoms with Crippen molar-refractivity contribution in [2.24, 2.45) is 0 Å². The number of nitrogens with zero attached hydrogens (tertiary/aromatic N) is 2. The van der Waals surface area contributed by atoms with Crippen molar-refractivity contribution in [2.75, 3.05) is 5.73 Å². The standard InChI is InChI=1S/C11H9N3O3/c12-11-13-9(10(15)16)7-5-17-8-4-2-1-3-6(8)14(7)11/h1-4H,5H2,(H2,12,13)(H,15,16). The summed E-state index contributed by atoms with van der Waals surface area (Å²) in [5, 5.41) is 9.02. The van der Waals surface area contributed by atoms with Crippen LogP contribution >= 0.6 is 0 Å². The Hall–Kier alpha value is -2.50. The zero-order valence-corrected chi connectivity index (χ0v) is 8.75. The summed E-state index contributed by atoms with van der Waals surface area (Å²) >= 11 is 0. The molecule has 0 atom stereocenters. The summed E-state index contributed by atoms with van der Waals surface area (Å²) in [7, 11) is 0. The summed E-state index contributed by atoms with van der Waals surface area (Å²) in [4.78, 5) is 14.9. The molecule has 0 radical (unpaired) electrons. The van der Waals surface area contributed by atoms with Crippen molar-refractivity contribution in [2.45, 2.75) is 6.61 Å². The first-order valence-corrected chi connectivity index (χ1v) is 5.01. The van der Waals surface area contributed by atoms with Gasteiger partial charge >= 0.3 is 5.97 Å². The Bertz CT molecular complexity index is 618. The summed E-state index contributed by atoms with van der Waals surface area (Å²) in [5.74, 6) is -0.275. The summed E-state index contributed by atoms with van der Waals surface area (Å²) in [6, 6.07) is 7.28. The van der Waals surface area contributed by atoms with E-state index >= 15 is 0 Å². The monoisotopic (exact) mass is 231 g/mol. The summed E-state index contributed by atoms with van der Waals surface area (Å²) in [6.07, 6.45) is 0. The van der Waals surface area contributed by atoms with E-state index < -0.39 is 5.97 Å². The highest BCUT2D eigenvalue weighted by atomic mass is 16.5. The van der Waals surface area contributed by atoms with Crippen LogP contribution in [0.25, 0.3) is 5.69 Å². The van der Waals surface area contributed by atoms with Gasteiger partial charge in [-0.2, -0.15) is 0 Å². The fourth-order valence-corrected chi connectivity index (χ4v) is 1.96. The molecule has 1 aromatic heterocycles. The number of carbonyl (C=O) groups is 1. The molecule has 6 nitrogen and oxygen atoms in total. The van der Waals surface area contributed by atoms with Gasteiger partial charge in [-0.1, -0.05) is 12.1 Å². The SMILES string of the molecule is Nc1nc(C(=O)O)c2n1-c1ccccc1OC2. The van der Waals surface area contributed by atoms with Crippen molar-refractivity contribution < 1.29 is 14.6 Å². The molecule has 0 amide bonds. The van der Waals surface area contributed by atoms with Crippen LogP contribution in [-0.2, 0) is 6.61 Å². The highest BCUT2D eigenvalue weighted by molar-refractivity contribution is 5.88. The van der Waals surface area contributed by atoms with Crippen LogP contribution in [0.1, 0.15) is 16.2 Å². The molecule has 0 saturated carbocycles. The number of imidazole rings is 1. The highest BCUT2D eigenvalue weighted by Crippen LogP contribution is 2.32. The Morgan fingerprint density at radius 2 is 2.24 bits per heavy atom. The maximum absolute atomic E-state index is 11.0. The Morgan fingerprint density at radius 1 is 1.47 bits per heavy atom. The van der Waals surface area contributed by atoms with E-state index in [1.54, 1.807) is 10.6 Å². The molecular weight excluding hydrogens is 222 g/mol. The number of anilines is 1. The van der Waals surface area contributed by atoms with Crippen LogP contribution in [0, 0.1) is 0 Å². The van der Waals surface area contributed by atoms with Crippen LogP contribution in [0.15, 0.2) is 24.3 Å². The van der Waals surface area contributed by atoms with Crippen LogP contribution in [0.3, 0.4) is 0 Å². The zero-order chi connectivity index (χ0) is 12.0. The molecule has 1 aliphatic heterocycles. The molecule has 1 aliphatic rings. The van der Waals surface area contributed by atoms with Crippen LogP contribution in [0.5, 0.6) is 5.75 Å². The Labute approximate surface area is 96.3 Å². The number of carboxylic acids is 1. The van der Waals surface area contributed by atoms with Gasteiger partial charge in [-0.05, 0) is 12.1 Å². The van der Waals surface area contributed by atoms with E-state index in [2.05, 4.69) is 4.98 Å². The average molecular weight is 231 g/mol. The van der Waals surface area contributed by atoms with E-state index in [-0.39, 0.29) is 18.2 Å². The number of hydrogen-bond acceptors (Lipinski definition) is 4. The molecule has 0 aliphatic carbocycles. The van der Waals surface area contributed by atoms with Crippen molar-refractivity contribution in [1.82, 2.24) is 9.55 Å². The average Bonchev–Trinajstić information content (AvgIpc) is 2.67. The number of para-hydroxylation sites is 2. The number of ether oxygens (including phenoxy) is 1. The van der Waals surface area contributed by atoms with Crippen LogP contribution < -0.4 is 10.5 Å². The van der Waals surface area contributed by atoms with Crippen molar-refractivity contribution in [3.63, 3.8) is 0 Å². The molecule has 3 rings (SSSR count). The number of aromatic carboxylic acids is 1. The minimum atomic E-state index is -1.10. The quantitative estimate of drug-likeness (QED) is 0.765. The van der Waals surface area contributed by atoms with Crippen molar-refractivity contribution in [3.05, 3.63) is 35.7 Å². The largest absolute Gasteiger partial charge is 0.485 e. The van der Waals surface area contributed by atoms with Crippen LogP contribution in [0.4, 0.5) is 5.95 Å². The Morgan fingerprint density at radius 3 is 3.00 bits per heavy atom. The lowest BCUT2D eigenvalue weighted by atomic mass is 10.2. The maximum atomic E-state index is 11.0. The second-order valence-electron chi connectivity index (χ2n) is 3.66. The van der Waals surface area contributed by atoms with Crippen molar-refractivity contribution in [3.8, 4) is 11.4 Å².